The molecule has 1 N–H and O–H groups in total. The molecule has 1 unspecified atom stereocenters. The highest BCUT2D eigenvalue weighted by atomic mass is 16.5. The number of hydrogen-bond donors (Lipinski definition) is 1. The first-order valence-electron chi connectivity index (χ1n) is 9.11. The molecular formula is C22H27NO3. The minimum absolute atomic E-state index is 0.107. The molecule has 1 atom stereocenters. The Kier molecular flexibility index (Phi) is 7.87. The Morgan fingerprint density at radius 3 is 2.27 bits per heavy atom. The number of benzene rings is 2. The monoisotopic (exact) mass is 353 g/mol. The zero-order valence-corrected chi connectivity index (χ0v) is 15.5. The van der Waals surface area contributed by atoms with E-state index in [-0.39, 0.29) is 24.3 Å². The lowest BCUT2D eigenvalue weighted by Crippen LogP contribution is -2.31. The molecule has 26 heavy (non-hydrogen) atoms. The highest BCUT2D eigenvalue weighted by Crippen LogP contribution is 2.17. The predicted molar refractivity (Wildman–Crippen MR) is 103 cm³/mol. The van der Waals surface area contributed by atoms with E-state index in [1.807, 2.05) is 42.5 Å². The van der Waals surface area contributed by atoms with Crippen molar-refractivity contribution in [3.05, 3.63) is 71.3 Å². The highest BCUT2D eigenvalue weighted by molar-refractivity contribution is 5.80. The number of unbranched alkanes of at least 4 members (excludes halogenated alkanes) is 1. The van der Waals surface area contributed by atoms with Crippen molar-refractivity contribution in [1.82, 2.24) is 5.32 Å². The fourth-order valence-electron chi connectivity index (χ4n) is 2.82. The summed E-state index contributed by atoms with van der Waals surface area (Å²) in [5.74, 6) is -0.455. The second-order valence-electron chi connectivity index (χ2n) is 6.41. The van der Waals surface area contributed by atoms with Crippen molar-refractivity contribution in [3.8, 4) is 0 Å². The zero-order chi connectivity index (χ0) is 18.8. The average Bonchev–Trinajstić information content (AvgIpc) is 2.67. The fourth-order valence-corrected chi connectivity index (χ4v) is 2.82. The number of nitrogens with one attached hydrogen (secondary N) is 1. The second kappa shape index (κ2) is 10.4. The first-order chi connectivity index (χ1) is 12.6. The van der Waals surface area contributed by atoms with Crippen LogP contribution in [0.3, 0.4) is 0 Å². The third-order valence-electron chi connectivity index (χ3n) is 4.34. The molecule has 2 aromatic rings. The molecule has 0 heterocycles. The molecular weight excluding hydrogens is 326 g/mol. The summed E-state index contributed by atoms with van der Waals surface area (Å²) in [5.41, 5.74) is 3.15. The van der Waals surface area contributed by atoms with Gasteiger partial charge in [0, 0.05) is 0 Å². The van der Waals surface area contributed by atoms with Gasteiger partial charge in [-0.3, -0.25) is 9.59 Å². The fraction of sp³-hybridized carbons (Fsp3) is 0.364. The third-order valence-corrected chi connectivity index (χ3v) is 4.34. The lowest BCUT2D eigenvalue weighted by atomic mass is 10.0. The van der Waals surface area contributed by atoms with Crippen LogP contribution in [0.2, 0.25) is 0 Å². The molecule has 0 spiro atoms. The normalized spacial score (nSPS) is 11.6. The van der Waals surface area contributed by atoms with Gasteiger partial charge < -0.3 is 10.1 Å². The van der Waals surface area contributed by atoms with Gasteiger partial charge in [0.1, 0.15) is 0 Å². The maximum Gasteiger partial charge on any atom is 0.307 e. The minimum Gasteiger partial charge on any atom is -0.469 e. The number of carbonyl (C=O) groups excluding carboxylic acids is 2. The number of aryl methyl sites for hydroxylation is 1. The molecule has 0 aliphatic heterocycles. The number of amides is 1. The van der Waals surface area contributed by atoms with Crippen LogP contribution in [0.1, 0.15) is 48.9 Å². The average molecular weight is 353 g/mol. The van der Waals surface area contributed by atoms with Gasteiger partial charge >= 0.3 is 5.97 Å². The standard InChI is InChI=1S/C22H27NO3/c1-3-4-8-17-11-13-18(14-12-17)15-21(24)23-20(16-22(25)26-2)19-9-6-5-7-10-19/h5-7,9-14,20H,3-4,8,15-16H2,1-2H3,(H,23,24). The Labute approximate surface area is 155 Å². The van der Waals surface area contributed by atoms with E-state index in [0.29, 0.717) is 6.42 Å². The number of rotatable bonds is 9. The van der Waals surface area contributed by atoms with Crippen molar-refractivity contribution in [2.24, 2.45) is 0 Å². The number of carbonyl (C=O) groups is 2. The molecule has 0 bridgehead atoms. The molecule has 2 aromatic carbocycles. The smallest absolute Gasteiger partial charge is 0.307 e. The molecule has 4 heteroatoms. The first kappa shape index (κ1) is 19.7. The van der Waals surface area contributed by atoms with Gasteiger partial charge in [0.25, 0.3) is 0 Å². The van der Waals surface area contributed by atoms with E-state index in [0.717, 1.165) is 17.5 Å². The van der Waals surface area contributed by atoms with Crippen molar-refractivity contribution in [3.63, 3.8) is 0 Å². The number of hydrogen-bond acceptors (Lipinski definition) is 3. The summed E-state index contributed by atoms with van der Waals surface area (Å²) in [6, 6.07) is 17.3. The zero-order valence-electron chi connectivity index (χ0n) is 15.5. The lowest BCUT2D eigenvalue weighted by molar-refractivity contribution is -0.141. The summed E-state index contributed by atoms with van der Waals surface area (Å²) in [6.07, 6.45) is 3.82. The Hall–Kier alpha value is -2.62. The summed E-state index contributed by atoms with van der Waals surface area (Å²) in [6.45, 7) is 2.18. The van der Waals surface area contributed by atoms with Gasteiger partial charge in [0.15, 0.2) is 0 Å². The molecule has 1 amide bonds. The van der Waals surface area contributed by atoms with Gasteiger partial charge in [0.2, 0.25) is 5.91 Å². The Balaban J connectivity index is 1.99. The van der Waals surface area contributed by atoms with Gasteiger partial charge in [-0.2, -0.15) is 0 Å². The topological polar surface area (TPSA) is 55.4 Å². The van der Waals surface area contributed by atoms with Gasteiger partial charge in [-0.25, -0.2) is 0 Å². The van der Waals surface area contributed by atoms with Crippen molar-refractivity contribution in [2.45, 2.75) is 45.1 Å². The van der Waals surface area contributed by atoms with Crippen molar-refractivity contribution in [2.75, 3.05) is 7.11 Å². The van der Waals surface area contributed by atoms with Crippen LogP contribution < -0.4 is 5.32 Å². The Bertz CT molecular complexity index is 695. The first-order valence-corrected chi connectivity index (χ1v) is 9.11. The van der Waals surface area contributed by atoms with Gasteiger partial charge in [-0.15, -0.1) is 0 Å². The van der Waals surface area contributed by atoms with Gasteiger partial charge in [-0.05, 0) is 29.5 Å². The van der Waals surface area contributed by atoms with Crippen molar-refractivity contribution in [1.29, 1.82) is 0 Å². The van der Waals surface area contributed by atoms with E-state index in [4.69, 9.17) is 4.74 Å². The molecule has 0 aliphatic carbocycles. The third kappa shape index (κ3) is 6.36. The second-order valence-corrected chi connectivity index (χ2v) is 6.41. The molecule has 138 valence electrons. The van der Waals surface area contributed by atoms with E-state index in [1.54, 1.807) is 0 Å². The van der Waals surface area contributed by atoms with Gasteiger partial charge in [0.05, 0.1) is 26.0 Å². The molecule has 0 radical (unpaired) electrons. The van der Waals surface area contributed by atoms with Crippen LogP contribution in [0.15, 0.2) is 54.6 Å². The number of ether oxygens (including phenoxy) is 1. The summed E-state index contributed by atoms with van der Waals surface area (Å²) < 4.78 is 4.76. The Morgan fingerprint density at radius 1 is 1.00 bits per heavy atom. The van der Waals surface area contributed by atoms with Crippen LogP contribution in [-0.4, -0.2) is 19.0 Å². The van der Waals surface area contributed by atoms with Crippen LogP contribution in [0, 0.1) is 0 Å². The molecule has 0 aliphatic rings. The van der Waals surface area contributed by atoms with Gasteiger partial charge in [-0.1, -0.05) is 67.9 Å². The molecule has 0 aromatic heterocycles. The van der Waals surface area contributed by atoms with Crippen molar-refractivity contribution < 1.29 is 14.3 Å². The molecule has 2 rings (SSSR count). The molecule has 0 saturated heterocycles. The van der Waals surface area contributed by atoms with Crippen LogP contribution in [-0.2, 0) is 27.2 Å². The van der Waals surface area contributed by atoms with E-state index in [9.17, 15) is 9.59 Å². The number of esters is 1. The molecule has 4 nitrogen and oxygen atoms in total. The summed E-state index contributed by atoms with van der Waals surface area (Å²) >= 11 is 0. The van der Waals surface area contributed by atoms with E-state index >= 15 is 0 Å². The maximum absolute atomic E-state index is 12.5. The van der Waals surface area contributed by atoms with E-state index in [2.05, 4.69) is 24.4 Å². The van der Waals surface area contributed by atoms with Crippen LogP contribution in [0.25, 0.3) is 0 Å². The molecule has 0 fully saturated rings. The van der Waals surface area contributed by atoms with Crippen molar-refractivity contribution >= 4 is 11.9 Å². The van der Waals surface area contributed by atoms with Crippen LogP contribution in [0.5, 0.6) is 0 Å². The largest absolute Gasteiger partial charge is 0.469 e. The van der Waals surface area contributed by atoms with E-state index < -0.39 is 0 Å². The van der Waals surface area contributed by atoms with Crippen LogP contribution >= 0.6 is 0 Å². The lowest BCUT2D eigenvalue weighted by Gasteiger charge is -2.18. The highest BCUT2D eigenvalue weighted by Gasteiger charge is 2.18. The summed E-state index contributed by atoms with van der Waals surface area (Å²) in [5, 5.41) is 2.96. The Morgan fingerprint density at radius 2 is 1.65 bits per heavy atom. The van der Waals surface area contributed by atoms with Crippen LogP contribution in [0.4, 0.5) is 0 Å². The predicted octanol–water partition coefficient (Wildman–Crippen LogP) is 3.99. The maximum atomic E-state index is 12.5. The quantitative estimate of drug-likeness (QED) is 0.694. The van der Waals surface area contributed by atoms with E-state index in [1.165, 1.54) is 25.5 Å². The number of methoxy groups -OCH3 is 1. The summed E-state index contributed by atoms with van der Waals surface area (Å²) in [7, 11) is 1.35. The molecule has 0 saturated carbocycles. The SMILES string of the molecule is CCCCc1ccc(CC(=O)NC(CC(=O)OC)c2ccccc2)cc1. The minimum atomic E-state index is -0.389. The summed E-state index contributed by atoms with van der Waals surface area (Å²) in [4.78, 5) is 24.1.